The molecule has 8 nitrogen and oxygen atoms in total. The highest BCUT2D eigenvalue weighted by Gasteiger charge is 2.66. The number of nitrogens with zero attached hydrogens (tertiary/aromatic N) is 1. The van der Waals surface area contributed by atoms with Crippen LogP contribution in [0, 0.1) is 15.5 Å². The number of nitrogens with one attached hydrogen (secondary N) is 1. The predicted octanol–water partition coefficient (Wildman–Crippen LogP) is 4.48. The minimum Gasteiger partial charge on any atom is -0.359 e. The van der Waals surface area contributed by atoms with Gasteiger partial charge in [0.05, 0.1) is 15.5 Å². The molecular weight excluding hydrogens is 536 g/mol. The molecule has 0 spiro atoms. The van der Waals surface area contributed by atoms with Crippen molar-refractivity contribution in [3.63, 3.8) is 0 Å². The second kappa shape index (κ2) is 12.3. The van der Waals surface area contributed by atoms with Crippen LogP contribution < -0.4 is 5.32 Å². The molecule has 0 bridgehead atoms. The number of Topliss-reactive ketones (excluding diaryl/α,β-unsaturated/α-hetero) is 1. The molecule has 0 saturated carbocycles. The maximum Gasteiger partial charge on any atom is 0.269 e. The van der Waals surface area contributed by atoms with Crippen LogP contribution in [-0.2, 0) is 27.5 Å². The van der Waals surface area contributed by atoms with E-state index in [0.29, 0.717) is 12.0 Å². The van der Waals surface area contributed by atoms with Crippen LogP contribution >= 0.6 is 23.5 Å². The molecule has 39 heavy (non-hydrogen) atoms. The number of thioether (sulfide) groups is 2. The average molecular weight is 567 g/mol. The number of β-lactam (4-membered cyclic amide) rings is 1. The van der Waals surface area contributed by atoms with Crippen LogP contribution in [-0.4, -0.2) is 43.2 Å². The molecule has 1 aliphatic rings. The standard InChI is InChI=1S/C29H30N2O6S2/c1-28(29(34,35)25(32)16-20-12-14-23(15-13-20)31(36)37)24(30-27(28)33)17-26(38-18-21-8-4-2-5-9-21)39-19-22-10-6-3-7-11-22/h2-15,24,26,34-35H,16-19H2,1H3,(H,30,33). The fraction of sp³-hybridized carbons (Fsp3) is 0.310. The third-order valence-electron chi connectivity index (χ3n) is 7.08. The van der Waals surface area contributed by atoms with Crippen molar-refractivity contribution in [3.05, 3.63) is 112 Å². The highest BCUT2D eigenvalue weighted by molar-refractivity contribution is 8.16. The van der Waals surface area contributed by atoms with E-state index in [9.17, 15) is 29.9 Å². The minimum atomic E-state index is -2.92. The molecule has 3 aromatic rings. The van der Waals surface area contributed by atoms with Gasteiger partial charge in [-0.1, -0.05) is 72.8 Å². The number of ketones is 1. The molecule has 2 unspecified atom stereocenters. The summed E-state index contributed by atoms with van der Waals surface area (Å²) in [6.45, 7) is 1.41. The lowest BCUT2D eigenvalue weighted by molar-refractivity contribution is -0.384. The lowest BCUT2D eigenvalue weighted by Crippen LogP contribution is -2.77. The van der Waals surface area contributed by atoms with Gasteiger partial charge in [-0.3, -0.25) is 19.7 Å². The molecular formula is C29H30N2O6S2. The fourth-order valence-corrected chi connectivity index (χ4v) is 7.06. The number of hydrogen-bond donors (Lipinski definition) is 3. The zero-order chi connectivity index (χ0) is 28.0. The van der Waals surface area contributed by atoms with E-state index in [1.165, 1.54) is 31.2 Å². The third-order valence-corrected chi connectivity index (χ3v) is 10.0. The van der Waals surface area contributed by atoms with Gasteiger partial charge in [0.2, 0.25) is 11.7 Å². The Bertz CT molecular complexity index is 1260. The van der Waals surface area contributed by atoms with E-state index in [1.807, 2.05) is 60.7 Å². The summed E-state index contributed by atoms with van der Waals surface area (Å²) in [6.07, 6.45) is 0.0421. The highest BCUT2D eigenvalue weighted by atomic mass is 32.2. The summed E-state index contributed by atoms with van der Waals surface area (Å²) in [5.74, 6) is -2.97. The Morgan fingerprint density at radius 2 is 1.46 bits per heavy atom. The van der Waals surface area contributed by atoms with Crippen LogP contribution in [0.3, 0.4) is 0 Å². The monoisotopic (exact) mass is 566 g/mol. The number of aliphatic hydroxyl groups is 2. The van der Waals surface area contributed by atoms with Crippen molar-refractivity contribution in [2.45, 2.75) is 47.7 Å². The number of amides is 1. The SMILES string of the molecule is CC1(C(O)(O)C(=O)Cc2ccc([N+](=O)[O-])cc2)C(=O)NC1CC(SCc1ccccc1)SCc1ccccc1. The number of nitro groups is 1. The van der Waals surface area contributed by atoms with E-state index in [0.717, 1.165) is 22.6 Å². The summed E-state index contributed by atoms with van der Waals surface area (Å²) in [6, 6.07) is 24.7. The Hall–Kier alpha value is -3.18. The maximum absolute atomic E-state index is 13.1. The van der Waals surface area contributed by atoms with Crippen molar-refractivity contribution >= 4 is 40.9 Å². The third kappa shape index (κ3) is 6.52. The van der Waals surface area contributed by atoms with Crippen molar-refractivity contribution in [2.24, 2.45) is 5.41 Å². The molecule has 4 rings (SSSR count). The van der Waals surface area contributed by atoms with E-state index < -0.39 is 33.9 Å². The van der Waals surface area contributed by atoms with E-state index in [4.69, 9.17) is 0 Å². The first-order chi connectivity index (χ1) is 18.6. The van der Waals surface area contributed by atoms with Gasteiger partial charge in [-0.25, -0.2) is 0 Å². The summed E-state index contributed by atoms with van der Waals surface area (Å²) >= 11 is 3.41. The van der Waals surface area contributed by atoms with Gasteiger partial charge >= 0.3 is 0 Å². The second-order valence-corrected chi connectivity index (χ2v) is 12.4. The Morgan fingerprint density at radius 3 is 1.92 bits per heavy atom. The molecule has 0 aliphatic carbocycles. The number of benzene rings is 3. The number of non-ortho nitro benzene ring substituents is 1. The van der Waals surface area contributed by atoms with Crippen molar-refractivity contribution in [3.8, 4) is 0 Å². The number of rotatable bonds is 13. The van der Waals surface area contributed by atoms with Gasteiger partial charge in [-0.15, -0.1) is 23.5 Å². The zero-order valence-corrected chi connectivity index (χ0v) is 23.0. The molecule has 0 radical (unpaired) electrons. The van der Waals surface area contributed by atoms with Crippen LogP contribution in [0.4, 0.5) is 5.69 Å². The lowest BCUT2D eigenvalue weighted by Gasteiger charge is -2.52. The molecule has 204 valence electrons. The van der Waals surface area contributed by atoms with Crippen molar-refractivity contribution in [1.82, 2.24) is 5.32 Å². The van der Waals surface area contributed by atoms with Crippen molar-refractivity contribution in [1.29, 1.82) is 0 Å². The van der Waals surface area contributed by atoms with Gasteiger partial charge in [0.15, 0.2) is 5.78 Å². The molecule has 1 aliphatic heterocycles. The Labute approximate surface area is 235 Å². The van der Waals surface area contributed by atoms with E-state index in [1.54, 1.807) is 23.5 Å². The van der Waals surface area contributed by atoms with Gasteiger partial charge in [0.1, 0.15) is 5.41 Å². The van der Waals surface area contributed by atoms with E-state index in [2.05, 4.69) is 5.32 Å². The van der Waals surface area contributed by atoms with E-state index >= 15 is 0 Å². The second-order valence-electron chi connectivity index (χ2n) is 9.68. The largest absolute Gasteiger partial charge is 0.359 e. The minimum absolute atomic E-state index is 0.00379. The van der Waals surface area contributed by atoms with Crippen LogP contribution in [0.25, 0.3) is 0 Å². The van der Waals surface area contributed by atoms with E-state index in [-0.39, 0.29) is 16.7 Å². The smallest absolute Gasteiger partial charge is 0.269 e. The molecule has 1 amide bonds. The van der Waals surface area contributed by atoms with Gasteiger partial charge in [-0.05, 0) is 30.0 Å². The van der Waals surface area contributed by atoms with Gasteiger partial charge < -0.3 is 15.5 Å². The predicted molar refractivity (Wildman–Crippen MR) is 153 cm³/mol. The van der Waals surface area contributed by atoms with Crippen molar-refractivity contribution in [2.75, 3.05) is 0 Å². The van der Waals surface area contributed by atoms with Crippen molar-refractivity contribution < 1.29 is 24.7 Å². The molecule has 1 saturated heterocycles. The lowest BCUT2D eigenvalue weighted by atomic mass is 9.65. The fourth-order valence-electron chi connectivity index (χ4n) is 4.47. The first-order valence-corrected chi connectivity index (χ1v) is 14.5. The number of nitro benzene ring substituents is 1. The van der Waals surface area contributed by atoms with Gasteiger partial charge in [0, 0.05) is 30.1 Å². The summed E-state index contributed by atoms with van der Waals surface area (Å²) < 4.78 is -0.00379. The molecule has 3 N–H and O–H groups in total. The molecule has 1 fully saturated rings. The summed E-state index contributed by atoms with van der Waals surface area (Å²) in [4.78, 5) is 36.2. The first-order valence-electron chi connectivity index (χ1n) is 12.4. The topological polar surface area (TPSA) is 130 Å². The summed E-state index contributed by atoms with van der Waals surface area (Å²) in [5.41, 5.74) is 0.815. The molecule has 10 heteroatoms. The first kappa shape index (κ1) is 28.8. The molecule has 0 aromatic heterocycles. The average Bonchev–Trinajstić information content (AvgIpc) is 2.94. The van der Waals surface area contributed by atoms with Crippen LogP contribution in [0.15, 0.2) is 84.9 Å². The Morgan fingerprint density at radius 1 is 0.949 bits per heavy atom. The van der Waals surface area contributed by atoms with Gasteiger partial charge in [-0.2, -0.15) is 0 Å². The number of hydrogen-bond acceptors (Lipinski definition) is 8. The van der Waals surface area contributed by atoms with Gasteiger partial charge in [0.25, 0.3) is 5.69 Å². The molecule has 3 aromatic carbocycles. The Balaban J connectivity index is 1.47. The maximum atomic E-state index is 13.1. The summed E-state index contributed by atoms with van der Waals surface area (Å²) in [5, 5.41) is 35.8. The Kier molecular flexibility index (Phi) is 9.12. The highest BCUT2D eigenvalue weighted by Crippen LogP contribution is 2.46. The summed E-state index contributed by atoms with van der Waals surface area (Å²) in [7, 11) is 0. The number of carbonyl (C=O) groups is 2. The van der Waals surface area contributed by atoms with Crippen LogP contribution in [0.5, 0.6) is 0 Å². The zero-order valence-electron chi connectivity index (χ0n) is 21.4. The number of carbonyl (C=O) groups excluding carboxylic acids is 2. The quantitative estimate of drug-likeness (QED) is 0.120. The molecule has 1 heterocycles. The molecule has 2 atom stereocenters. The van der Waals surface area contributed by atoms with Crippen LogP contribution in [0.1, 0.15) is 30.0 Å². The van der Waals surface area contributed by atoms with Crippen LogP contribution in [0.2, 0.25) is 0 Å². The normalized spacial score (nSPS) is 18.9.